The standard InChI is InChI=1S/C19H16BrN3O2/c1-12-21-6-5-17(23-12)13-3-2-4-15(7-13)22-10-14-8-18-19(9-16(14)20)25-11-24-18/h2-9,22H,10-11H2,1H3. The summed E-state index contributed by atoms with van der Waals surface area (Å²) in [4.78, 5) is 8.63. The van der Waals surface area contributed by atoms with Crippen molar-refractivity contribution in [3.8, 4) is 22.8 Å². The van der Waals surface area contributed by atoms with Crippen LogP contribution >= 0.6 is 15.9 Å². The number of nitrogens with zero attached hydrogens (tertiary/aromatic N) is 2. The summed E-state index contributed by atoms with van der Waals surface area (Å²) in [6.07, 6.45) is 1.78. The van der Waals surface area contributed by atoms with Crippen molar-refractivity contribution in [3.05, 3.63) is 64.5 Å². The van der Waals surface area contributed by atoms with Crippen LogP contribution in [-0.4, -0.2) is 16.8 Å². The zero-order valence-corrected chi connectivity index (χ0v) is 15.2. The number of anilines is 1. The first-order valence-corrected chi connectivity index (χ1v) is 8.70. The molecule has 0 radical (unpaired) electrons. The van der Waals surface area contributed by atoms with E-state index in [1.165, 1.54) is 0 Å². The molecule has 1 aliphatic rings. The van der Waals surface area contributed by atoms with Gasteiger partial charge in [0.15, 0.2) is 11.5 Å². The van der Waals surface area contributed by atoms with Crippen LogP contribution in [0.2, 0.25) is 0 Å². The second-order valence-corrected chi connectivity index (χ2v) is 6.57. The number of rotatable bonds is 4. The fraction of sp³-hybridized carbons (Fsp3) is 0.158. The summed E-state index contributed by atoms with van der Waals surface area (Å²) < 4.78 is 11.8. The van der Waals surface area contributed by atoms with Crippen LogP contribution in [0.25, 0.3) is 11.3 Å². The molecule has 0 bridgehead atoms. The number of halogens is 1. The molecule has 0 amide bonds. The van der Waals surface area contributed by atoms with Crippen molar-refractivity contribution in [2.75, 3.05) is 12.1 Å². The lowest BCUT2D eigenvalue weighted by atomic mass is 10.1. The van der Waals surface area contributed by atoms with Crippen LogP contribution in [0.5, 0.6) is 11.5 Å². The molecular weight excluding hydrogens is 382 g/mol. The van der Waals surface area contributed by atoms with E-state index in [0.29, 0.717) is 6.54 Å². The molecule has 2 aromatic carbocycles. The minimum atomic E-state index is 0.277. The zero-order valence-electron chi connectivity index (χ0n) is 13.6. The number of fused-ring (bicyclic) bond motifs is 1. The van der Waals surface area contributed by atoms with Gasteiger partial charge in [-0.05, 0) is 42.8 Å². The van der Waals surface area contributed by atoms with E-state index < -0.39 is 0 Å². The molecule has 0 saturated carbocycles. The van der Waals surface area contributed by atoms with Gasteiger partial charge in [0.2, 0.25) is 6.79 Å². The Bertz CT molecular complexity index is 930. The normalized spacial score (nSPS) is 12.2. The Hall–Kier alpha value is -2.60. The second kappa shape index (κ2) is 6.72. The van der Waals surface area contributed by atoms with Gasteiger partial charge in [0.25, 0.3) is 0 Å². The van der Waals surface area contributed by atoms with Gasteiger partial charge in [-0.15, -0.1) is 0 Å². The first-order valence-electron chi connectivity index (χ1n) is 7.91. The SMILES string of the molecule is Cc1nccc(-c2cccc(NCc3cc4c(cc3Br)OCO4)c2)n1. The molecule has 0 unspecified atom stereocenters. The van der Waals surface area contributed by atoms with Crippen LogP contribution < -0.4 is 14.8 Å². The van der Waals surface area contributed by atoms with Gasteiger partial charge in [-0.1, -0.05) is 28.1 Å². The molecule has 0 fully saturated rings. The Morgan fingerprint density at radius 2 is 1.96 bits per heavy atom. The van der Waals surface area contributed by atoms with E-state index in [2.05, 4.69) is 37.3 Å². The largest absolute Gasteiger partial charge is 0.454 e. The Labute approximate surface area is 154 Å². The number of nitrogens with one attached hydrogen (secondary N) is 1. The van der Waals surface area contributed by atoms with Gasteiger partial charge >= 0.3 is 0 Å². The van der Waals surface area contributed by atoms with E-state index in [9.17, 15) is 0 Å². The van der Waals surface area contributed by atoms with E-state index in [1.807, 2.05) is 43.3 Å². The summed E-state index contributed by atoms with van der Waals surface area (Å²) in [5.74, 6) is 2.32. The van der Waals surface area contributed by atoms with Crippen LogP contribution in [0.3, 0.4) is 0 Å². The predicted molar refractivity (Wildman–Crippen MR) is 99.8 cm³/mol. The molecule has 6 heteroatoms. The monoisotopic (exact) mass is 397 g/mol. The molecular formula is C19H16BrN3O2. The molecule has 25 heavy (non-hydrogen) atoms. The molecule has 5 nitrogen and oxygen atoms in total. The van der Waals surface area contributed by atoms with E-state index in [4.69, 9.17) is 9.47 Å². The summed E-state index contributed by atoms with van der Waals surface area (Å²) in [6, 6.07) is 14.0. The maximum absolute atomic E-state index is 5.45. The van der Waals surface area contributed by atoms with Gasteiger partial charge in [0.05, 0.1) is 5.69 Å². The quantitative estimate of drug-likeness (QED) is 0.699. The molecule has 1 aromatic heterocycles. The highest BCUT2D eigenvalue weighted by Gasteiger charge is 2.16. The second-order valence-electron chi connectivity index (χ2n) is 5.72. The Morgan fingerprint density at radius 3 is 2.80 bits per heavy atom. The van der Waals surface area contributed by atoms with Crippen molar-refractivity contribution >= 4 is 21.6 Å². The fourth-order valence-electron chi connectivity index (χ4n) is 2.70. The summed E-state index contributed by atoms with van der Waals surface area (Å²) in [5.41, 5.74) is 4.10. The van der Waals surface area contributed by atoms with Gasteiger partial charge in [-0.2, -0.15) is 0 Å². The lowest BCUT2D eigenvalue weighted by Crippen LogP contribution is -2.00. The number of benzene rings is 2. The van der Waals surface area contributed by atoms with Gasteiger partial charge in [0, 0.05) is 28.5 Å². The smallest absolute Gasteiger partial charge is 0.231 e. The molecule has 0 atom stereocenters. The third-order valence-electron chi connectivity index (χ3n) is 3.96. The first kappa shape index (κ1) is 15.9. The van der Waals surface area contributed by atoms with Crippen molar-refractivity contribution in [3.63, 3.8) is 0 Å². The average molecular weight is 398 g/mol. The van der Waals surface area contributed by atoms with Crippen LogP contribution in [0, 0.1) is 6.92 Å². The molecule has 0 spiro atoms. The van der Waals surface area contributed by atoms with Gasteiger partial charge < -0.3 is 14.8 Å². The molecule has 0 aliphatic carbocycles. The highest BCUT2D eigenvalue weighted by Crippen LogP contribution is 2.37. The van der Waals surface area contributed by atoms with E-state index in [1.54, 1.807) is 6.20 Å². The molecule has 2 heterocycles. The maximum Gasteiger partial charge on any atom is 0.231 e. The van der Waals surface area contributed by atoms with Gasteiger partial charge in [-0.25, -0.2) is 9.97 Å². The van der Waals surface area contributed by atoms with Crippen molar-refractivity contribution in [2.24, 2.45) is 0 Å². The lowest BCUT2D eigenvalue weighted by Gasteiger charge is -2.11. The van der Waals surface area contributed by atoms with Crippen molar-refractivity contribution in [1.82, 2.24) is 9.97 Å². The summed E-state index contributed by atoms with van der Waals surface area (Å²) in [7, 11) is 0. The molecule has 1 aliphatic heterocycles. The zero-order chi connectivity index (χ0) is 17.2. The topological polar surface area (TPSA) is 56.3 Å². The molecule has 3 aromatic rings. The van der Waals surface area contributed by atoms with E-state index in [-0.39, 0.29) is 6.79 Å². The third-order valence-corrected chi connectivity index (χ3v) is 4.70. The number of hydrogen-bond donors (Lipinski definition) is 1. The molecule has 126 valence electrons. The van der Waals surface area contributed by atoms with E-state index >= 15 is 0 Å². The molecule has 0 saturated heterocycles. The summed E-state index contributed by atoms with van der Waals surface area (Å²) in [5, 5.41) is 3.45. The Balaban J connectivity index is 1.53. The lowest BCUT2D eigenvalue weighted by molar-refractivity contribution is 0.174. The minimum Gasteiger partial charge on any atom is -0.454 e. The van der Waals surface area contributed by atoms with Gasteiger partial charge in [-0.3, -0.25) is 0 Å². The minimum absolute atomic E-state index is 0.277. The highest BCUT2D eigenvalue weighted by molar-refractivity contribution is 9.10. The van der Waals surface area contributed by atoms with Crippen molar-refractivity contribution < 1.29 is 9.47 Å². The number of aromatic nitrogens is 2. The van der Waals surface area contributed by atoms with E-state index in [0.717, 1.165) is 44.3 Å². The summed E-state index contributed by atoms with van der Waals surface area (Å²) >= 11 is 3.59. The predicted octanol–water partition coefficient (Wildman–Crippen LogP) is 4.56. The Kier molecular flexibility index (Phi) is 4.28. The number of ether oxygens (including phenoxy) is 2. The summed E-state index contributed by atoms with van der Waals surface area (Å²) in [6.45, 7) is 2.84. The molecule has 4 rings (SSSR count). The van der Waals surface area contributed by atoms with Crippen LogP contribution in [0.1, 0.15) is 11.4 Å². The van der Waals surface area contributed by atoms with Crippen LogP contribution in [0.4, 0.5) is 5.69 Å². The maximum atomic E-state index is 5.45. The van der Waals surface area contributed by atoms with Crippen LogP contribution in [0.15, 0.2) is 53.1 Å². The van der Waals surface area contributed by atoms with Crippen molar-refractivity contribution in [1.29, 1.82) is 0 Å². The first-order chi connectivity index (χ1) is 12.2. The van der Waals surface area contributed by atoms with Crippen molar-refractivity contribution in [2.45, 2.75) is 13.5 Å². The van der Waals surface area contributed by atoms with Crippen LogP contribution in [-0.2, 0) is 6.54 Å². The third kappa shape index (κ3) is 3.44. The molecule has 1 N–H and O–H groups in total. The van der Waals surface area contributed by atoms with Gasteiger partial charge in [0.1, 0.15) is 5.82 Å². The fourth-order valence-corrected chi connectivity index (χ4v) is 3.16. The Morgan fingerprint density at radius 1 is 1.12 bits per heavy atom. The number of hydrogen-bond acceptors (Lipinski definition) is 5. The number of aryl methyl sites for hydroxylation is 1. The average Bonchev–Trinajstić information content (AvgIpc) is 3.07. The highest BCUT2D eigenvalue weighted by atomic mass is 79.9.